The van der Waals surface area contributed by atoms with Crippen LogP contribution in [0.5, 0.6) is 0 Å². The highest BCUT2D eigenvalue weighted by Crippen LogP contribution is 2.20. The standard InChI is InChI=1S/C22H23N5O2/c1-2-3-9-24-20(28)16-5-7-19-15(12-16)8-10-27(19)13-14-4-6-18-17(11-14)21(29)26-22(23)25-18/h4-8,10-12H,2-3,9,13H2,1H3,(H,24,28)(H3,23,25,26,29). The first kappa shape index (κ1) is 18.7. The van der Waals surface area contributed by atoms with Gasteiger partial charge in [-0.05, 0) is 48.4 Å². The molecule has 4 aromatic rings. The van der Waals surface area contributed by atoms with Crippen molar-refractivity contribution in [3.05, 3.63) is 70.1 Å². The second-order valence-corrected chi connectivity index (χ2v) is 7.13. The van der Waals surface area contributed by atoms with E-state index in [-0.39, 0.29) is 17.4 Å². The van der Waals surface area contributed by atoms with Crippen molar-refractivity contribution in [1.82, 2.24) is 19.9 Å². The van der Waals surface area contributed by atoms with E-state index in [1.54, 1.807) is 6.07 Å². The number of rotatable bonds is 6. The number of hydrogen-bond donors (Lipinski definition) is 3. The molecule has 0 unspecified atom stereocenters. The zero-order valence-corrected chi connectivity index (χ0v) is 16.2. The second kappa shape index (κ2) is 7.79. The highest BCUT2D eigenvalue weighted by molar-refractivity contribution is 5.98. The zero-order valence-electron chi connectivity index (χ0n) is 16.2. The second-order valence-electron chi connectivity index (χ2n) is 7.13. The molecule has 0 aliphatic heterocycles. The number of nitrogens with one attached hydrogen (secondary N) is 2. The van der Waals surface area contributed by atoms with Crippen molar-refractivity contribution < 1.29 is 4.79 Å². The summed E-state index contributed by atoms with van der Waals surface area (Å²) in [5, 5.41) is 4.46. The van der Waals surface area contributed by atoms with Crippen LogP contribution in [0.2, 0.25) is 0 Å². The molecular formula is C22H23N5O2. The van der Waals surface area contributed by atoms with Gasteiger partial charge in [0.1, 0.15) is 0 Å². The van der Waals surface area contributed by atoms with E-state index in [9.17, 15) is 9.59 Å². The van der Waals surface area contributed by atoms with Crippen LogP contribution < -0.4 is 16.6 Å². The minimum atomic E-state index is -0.245. The average Bonchev–Trinajstić information content (AvgIpc) is 3.10. The van der Waals surface area contributed by atoms with Gasteiger partial charge in [0.2, 0.25) is 5.95 Å². The first-order valence-electron chi connectivity index (χ1n) is 9.70. The molecule has 7 nitrogen and oxygen atoms in total. The molecule has 0 saturated carbocycles. The predicted octanol–water partition coefficient (Wildman–Crippen LogP) is 3.04. The topological polar surface area (TPSA) is 106 Å². The number of anilines is 1. The summed E-state index contributed by atoms with van der Waals surface area (Å²) in [4.78, 5) is 31.1. The molecule has 0 aliphatic rings. The van der Waals surface area contributed by atoms with Crippen molar-refractivity contribution in [1.29, 1.82) is 0 Å². The predicted molar refractivity (Wildman–Crippen MR) is 115 cm³/mol. The maximum atomic E-state index is 12.3. The van der Waals surface area contributed by atoms with Crippen LogP contribution in [0.15, 0.2) is 53.5 Å². The fourth-order valence-corrected chi connectivity index (χ4v) is 3.46. The fraction of sp³-hybridized carbons (Fsp3) is 0.227. The van der Waals surface area contributed by atoms with Gasteiger partial charge in [0.25, 0.3) is 11.5 Å². The number of unbranched alkanes of at least 4 members (excludes halogenated alkanes) is 1. The Hall–Kier alpha value is -3.61. The van der Waals surface area contributed by atoms with Crippen molar-refractivity contribution in [2.45, 2.75) is 26.3 Å². The number of aromatic nitrogens is 3. The molecule has 0 aliphatic carbocycles. The van der Waals surface area contributed by atoms with Gasteiger partial charge in [0.05, 0.1) is 10.9 Å². The Balaban J connectivity index is 1.59. The van der Waals surface area contributed by atoms with Gasteiger partial charge in [-0.25, -0.2) is 4.98 Å². The highest BCUT2D eigenvalue weighted by atomic mass is 16.1. The normalized spacial score (nSPS) is 11.2. The minimum Gasteiger partial charge on any atom is -0.369 e. The van der Waals surface area contributed by atoms with Gasteiger partial charge in [-0.1, -0.05) is 19.4 Å². The Morgan fingerprint density at radius 1 is 1.21 bits per heavy atom. The lowest BCUT2D eigenvalue weighted by Gasteiger charge is -2.08. The number of carbonyl (C=O) groups excluding carboxylic acids is 1. The van der Waals surface area contributed by atoms with Crippen molar-refractivity contribution >= 4 is 33.7 Å². The third-order valence-corrected chi connectivity index (χ3v) is 4.99. The maximum absolute atomic E-state index is 12.3. The Kier molecular flexibility index (Phi) is 5.03. The van der Waals surface area contributed by atoms with Crippen molar-refractivity contribution in [2.75, 3.05) is 12.3 Å². The number of amides is 1. The Morgan fingerprint density at radius 3 is 2.90 bits per heavy atom. The molecule has 2 aromatic heterocycles. The van der Waals surface area contributed by atoms with E-state index in [4.69, 9.17) is 5.73 Å². The number of nitrogens with two attached hydrogens (primary N) is 1. The van der Waals surface area contributed by atoms with Gasteiger partial charge in [0, 0.05) is 35.8 Å². The summed E-state index contributed by atoms with van der Waals surface area (Å²) in [5.41, 5.74) is 8.60. The lowest BCUT2D eigenvalue weighted by Crippen LogP contribution is -2.24. The SMILES string of the molecule is CCCCNC(=O)c1ccc2c(ccn2Cc2ccc3nc(N)[nH]c(=O)c3c2)c1. The largest absolute Gasteiger partial charge is 0.369 e. The van der Waals surface area contributed by atoms with E-state index >= 15 is 0 Å². The average molecular weight is 389 g/mol. The van der Waals surface area contributed by atoms with Gasteiger partial charge < -0.3 is 15.6 Å². The third-order valence-electron chi connectivity index (χ3n) is 4.99. The van der Waals surface area contributed by atoms with Gasteiger partial charge in [-0.2, -0.15) is 0 Å². The molecule has 0 fully saturated rings. The zero-order chi connectivity index (χ0) is 20.4. The Bertz CT molecular complexity index is 1260. The van der Waals surface area contributed by atoms with Crippen molar-refractivity contribution in [3.63, 3.8) is 0 Å². The van der Waals surface area contributed by atoms with Crippen LogP contribution in [0.4, 0.5) is 5.95 Å². The fourth-order valence-electron chi connectivity index (χ4n) is 3.46. The van der Waals surface area contributed by atoms with E-state index in [0.29, 0.717) is 29.6 Å². The maximum Gasteiger partial charge on any atom is 0.260 e. The molecule has 4 N–H and O–H groups in total. The highest BCUT2D eigenvalue weighted by Gasteiger charge is 2.09. The van der Waals surface area contributed by atoms with Crippen LogP contribution in [-0.4, -0.2) is 27.0 Å². The molecule has 1 amide bonds. The molecule has 7 heteroatoms. The summed E-state index contributed by atoms with van der Waals surface area (Å²) in [5.74, 6) is 0.0646. The number of aromatic amines is 1. The quantitative estimate of drug-likeness (QED) is 0.441. The van der Waals surface area contributed by atoms with E-state index in [0.717, 1.165) is 29.3 Å². The molecular weight excluding hydrogens is 366 g/mol. The molecule has 2 aromatic carbocycles. The number of nitrogens with zero attached hydrogens (tertiary/aromatic N) is 2. The summed E-state index contributed by atoms with van der Waals surface area (Å²) in [6.45, 7) is 3.39. The van der Waals surface area contributed by atoms with Gasteiger partial charge in [-0.3, -0.25) is 14.6 Å². The summed E-state index contributed by atoms with van der Waals surface area (Å²) in [6.07, 6.45) is 4.01. The van der Waals surface area contributed by atoms with Crippen LogP contribution in [-0.2, 0) is 6.54 Å². The van der Waals surface area contributed by atoms with Gasteiger partial charge in [0.15, 0.2) is 0 Å². The Morgan fingerprint density at radius 2 is 2.07 bits per heavy atom. The molecule has 0 radical (unpaired) electrons. The minimum absolute atomic E-state index is 0.0476. The summed E-state index contributed by atoms with van der Waals surface area (Å²) < 4.78 is 2.09. The van der Waals surface area contributed by atoms with Crippen molar-refractivity contribution in [2.24, 2.45) is 0 Å². The van der Waals surface area contributed by atoms with Crippen LogP contribution in [0, 0.1) is 0 Å². The van der Waals surface area contributed by atoms with E-state index in [2.05, 4.69) is 26.8 Å². The molecule has 29 heavy (non-hydrogen) atoms. The first-order chi connectivity index (χ1) is 14.0. The van der Waals surface area contributed by atoms with Crippen LogP contribution >= 0.6 is 0 Å². The third kappa shape index (κ3) is 3.85. The number of hydrogen-bond acceptors (Lipinski definition) is 4. The van der Waals surface area contributed by atoms with Crippen molar-refractivity contribution in [3.8, 4) is 0 Å². The van der Waals surface area contributed by atoms with Crippen LogP contribution in [0.1, 0.15) is 35.7 Å². The molecule has 0 saturated heterocycles. The summed E-state index contributed by atoms with van der Waals surface area (Å²) in [6, 6.07) is 13.3. The van der Waals surface area contributed by atoms with E-state index in [1.807, 2.05) is 42.6 Å². The molecule has 0 spiro atoms. The van der Waals surface area contributed by atoms with Gasteiger partial charge in [-0.15, -0.1) is 0 Å². The van der Waals surface area contributed by atoms with Gasteiger partial charge >= 0.3 is 0 Å². The monoisotopic (exact) mass is 389 g/mol. The van der Waals surface area contributed by atoms with Crippen LogP contribution in [0.25, 0.3) is 21.8 Å². The summed E-state index contributed by atoms with van der Waals surface area (Å²) >= 11 is 0. The van der Waals surface area contributed by atoms with E-state index in [1.165, 1.54) is 0 Å². The van der Waals surface area contributed by atoms with Crippen LogP contribution in [0.3, 0.4) is 0 Å². The molecule has 148 valence electrons. The number of fused-ring (bicyclic) bond motifs is 2. The number of nitrogen functional groups attached to an aromatic ring is 1. The van der Waals surface area contributed by atoms with E-state index < -0.39 is 0 Å². The summed E-state index contributed by atoms with van der Waals surface area (Å²) in [7, 11) is 0. The molecule has 4 rings (SSSR count). The number of benzene rings is 2. The number of H-pyrrole nitrogens is 1. The smallest absolute Gasteiger partial charge is 0.260 e. The lowest BCUT2D eigenvalue weighted by molar-refractivity contribution is 0.0953. The molecule has 2 heterocycles. The molecule has 0 bridgehead atoms. The first-order valence-corrected chi connectivity index (χ1v) is 9.70. The molecule has 0 atom stereocenters. The Labute approximate surface area is 167 Å². The number of carbonyl (C=O) groups is 1. The lowest BCUT2D eigenvalue weighted by atomic mass is 10.1.